The number of nitrogens with two attached hydrogens (primary N) is 1. The Morgan fingerprint density at radius 3 is 2.73 bits per heavy atom. The van der Waals surface area contributed by atoms with Crippen molar-refractivity contribution in [1.82, 2.24) is 0 Å². The Balaban J connectivity index is 2.16. The van der Waals surface area contributed by atoms with Gasteiger partial charge in [0.15, 0.2) is 0 Å². The number of benzene rings is 1. The monoisotopic (exact) mass is 201 g/mol. The van der Waals surface area contributed by atoms with E-state index in [0.29, 0.717) is 17.3 Å². The molecule has 1 saturated carbocycles. The summed E-state index contributed by atoms with van der Waals surface area (Å²) < 4.78 is 0. The summed E-state index contributed by atoms with van der Waals surface area (Å²) in [5, 5.41) is 12.4. The van der Waals surface area contributed by atoms with Crippen LogP contribution < -0.4 is 11.1 Å². The maximum Gasteiger partial charge on any atom is 0.101 e. The fourth-order valence-electron chi connectivity index (χ4n) is 2.07. The minimum absolute atomic E-state index is 0.528. The van der Waals surface area contributed by atoms with Crippen molar-refractivity contribution in [2.75, 3.05) is 11.1 Å². The van der Waals surface area contributed by atoms with Gasteiger partial charge in [-0.3, -0.25) is 0 Å². The van der Waals surface area contributed by atoms with Gasteiger partial charge in [0.05, 0.1) is 11.3 Å². The summed E-state index contributed by atoms with van der Waals surface area (Å²) in [5.41, 5.74) is 7.83. The van der Waals surface area contributed by atoms with Crippen LogP contribution in [-0.2, 0) is 0 Å². The highest BCUT2D eigenvalue weighted by Crippen LogP contribution is 2.25. The second-order valence-corrected chi connectivity index (χ2v) is 4.04. The standard InChI is InChI=1S/C12H15N3/c13-8-9-7-10(14)5-6-12(9)15-11-3-1-2-4-11/h5-7,11,15H,1-4,14H2. The Bertz CT molecular complexity index is 386. The molecule has 0 aliphatic heterocycles. The first-order chi connectivity index (χ1) is 7.29. The van der Waals surface area contributed by atoms with Crippen LogP contribution >= 0.6 is 0 Å². The number of hydrogen-bond donors (Lipinski definition) is 2. The van der Waals surface area contributed by atoms with Gasteiger partial charge < -0.3 is 11.1 Å². The zero-order valence-corrected chi connectivity index (χ0v) is 8.66. The molecule has 0 atom stereocenters. The largest absolute Gasteiger partial charge is 0.399 e. The number of nitrogen functional groups attached to an aromatic ring is 1. The average Bonchev–Trinajstić information content (AvgIpc) is 2.73. The highest BCUT2D eigenvalue weighted by molar-refractivity contribution is 5.63. The minimum Gasteiger partial charge on any atom is -0.399 e. The lowest BCUT2D eigenvalue weighted by Gasteiger charge is -2.14. The molecule has 1 aliphatic carbocycles. The summed E-state index contributed by atoms with van der Waals surface area (Å²) in [7, 11) is 0. The smallest absolute Gasteiger partial charge is 0.101 e. The van der Waals surface area contributed by atoms with Crippen LogP contribution in [0.2, 0.25) is 0 Å². The van der Waals surface area contributed by atoms with Crippen LogP contribution in [0.5, 0.6) is 0 Å². The number of rotatable bonds is 2. The first-order valence-corrected chi connectivity index (χ1v) is 5.36. The third-order valence-corrected chi connectivity index (χ3v) is 2.88. The van der Waals surface area contributed by atoms with Crippen LogP contribution in [0.3, 0.4) is 0 Å². The van der Waals surface area contributed by atoms with E-state index in [1.54, 1.807) is 6.07 Å². The summed E-state index contributed by atoms with van der Waals surface area (Å²) in [6.07, 6.45) is 4.98. The fourth-order valence-corrected chi connectivity index (χ4v) is 2.07. The van der Waals surface area contributed by atoms with Gasteiger partial charge in [0.1, 0.15) is 6.07 Å². The van der Waals surface area contributed by atoms with Crippen molar-refractivity contribution < 1.29 is 0 Å². The van der Waals surface area contributed by atoms with Crippen molar-refractivity contribution in [3.8, 4) is 6.07 Å². The van der Waals surface area contributed by atoms with E-state index in [-0.39, 0.29) is 0 Å². The molecule has 3 N–H and O–H groups in total. The summed E-state index contributed by atoms with van der Waals surface area (Å²) in [4.78, 5) is 0. The molecule has 0 bridgehead atoms. The maximum atomic E-state index is 8.97. The molecule has 1 aliphatic rings. The van der Waals surface area contributed by atoms with E-state index in [1.165, 1.54) is 25.7 Å². The second-order valence-electron chi connectivity index (χ2n) is 4.04. The lowest BCUT2D eigenvalue weighted by Crippen LogP contribution is -2.15. The molecule has 0 heterocycles. The summed E-state index contributed by atoms with van der Waals surface area (Å²) in [6.45, 7) is 0. The molecule has 0 amide bonds. The van der Waals surface area contributed by atoms with Gasteiger partial charge in [-0.1, -0.05) is 12.8 Å². The third kappa shape index (κ3) is 2.21. The second kappa shape index (κ2) is 4.22. The van der Waals surface area contributed by atoms with Gasteiger partial charge in [-0.25, -0.2) is 0 Å². The molecule has 15 heavy (non-hydrogen) atoms. The van der Waals surface area contributed by atoms with Crippen molar-refractivity contribution in [1.29, 1.82) is 5.26 Å². The van der Waals surface area contributed by atoms with Crippen LogP contribution in [0, 0.1) is 11.3 Å². The normalized spacial score (nSPS) is 16.2. The number of nitrogens with zero attached hydrogens (tertiary/aromatic N) is 1. The Morgan fingerprint density at radius 2 is 2.07 bits per heavy atom. The van der Waals surface area contributed by atoms with E-state index in [0.717, 1.165) is 5.69 Å². The van der Waals surface area contributed by atoms with E-state index in [1.807, 2.05) is 12.1 Å². The van der Waals surface area contributed by atoms with Gasteiger partial charge >= 0.3 is 0 Å². The molecule has 0 aromatic heterocycles. The van der Waals surface area contributed by atoms with Gasteiger partial charge in [-0.15, -0.1) is 0 Å². The number of nitrogens with one attached hydrogen (secondary N) is 1. The van der Waals surface area contributed by atoms with Crippen LogP contribution in [-0.4, -0.2) is 6.04 Å². The minimum atomic E-state index is 0.528. The number of anilines is 2. The lowest BCUT2D eigenvalue weighted by atomic mass is 10.1. The molecule has 3 nitrogen and oxygen atoms in total. The molecule has 1 aromatic rings. The summed E-state index contributed by atoms with van der Waals surface area (Å²) >= 11 is 0. The van der Waals surface area contributed by atoms with E-state index >= 15 is 0 Å². The molecule has 1 fully saturated rings. The van der Waals surface area contributed by atoms with Gasteiger partial charge in [0, 0.05) is 11.7 Å². The van der Waals surface area contributed by atoms with Crippen LogP contribution in [0.25, 0.3) is 0 Å². The number of nitriles is 1. The first kappa shape index (κ1) is 9.85. The lowest BCUT2D eigenvalue weighted by molar-refractivity contribution is 0.755. The van der Waals surface area contributed by atoms with Crippen molar-refractivity contribution in [2.24, 2.45) is 0 Å². The SMILES string of the molecule is N#Cc1cc(N)ccc1NC1CCCC1. The van der Waals surface area contributed by atoms with Crippen molar-refractivity contribution in [3.05, 3.63) is 23.8 Å². The van der Waals surface area contributed by atoms with Crippen molar-refractivity contribution in [2.45, 2.75) is 31.7 Å². The Labute approximate surface area is 89.9 Å². The molecular formula is C12H15N3. The Kier molecular flexibility index (Phi) is 2.77. The van der Waals surface area contributed by atoms with Crippen molar-refractivity contribution >= 4 is 11.4 Å². The molecule has 0 saturated heterocycles. The maximum absolute atomic E-state index is 8.97. The molecular weight excluding hydrogens is 186 g/mol. The third-order valence-electron chi connectivity index (χ3n) is 2.88. The highest BCUT2D eigenvalue weighted by Gasteiger charge is 2.15. The van der Waals surface area contributed by atoms with Gasteiger partial charge in [0.25, 0.3) is 0 Å². The molecule has 0 spiro atoms. The van der Waals surface area contributed by atoms with Gasteiger partial charge in [0.2, 0.25) is 0 Å². The quantitative estimate of drug-likeness (QED) is 0.722. The van der Waals surface area contributed by atoms with Crippen molar-refractivity contribution in [3.63, 3.8) is 0 Å². The molecule has 3 heteroatoms. The van der Waals surface area contributed by atoms with E-state index < -0.39 is 0 Å². The molecule has 1 aromatic carbocycles. The highest BCUT2D eigenvalue weighted by atomic mass is 14.9. The molecule has 2 rings (SSSR count). The average molecular weight is 201 g/mol. The van der Waals surface area contributed by atoms with Crippen LogP contribution in [0.4, 0.5) is 11.4 Å². The molecule has 78 valence electrons. The predicted octanol–water partition coefficient (Wildman–Crippen LogP) is 2.49. The summed E-state index contributed by atoms with van der Waals surface area (Å²) in [6, 6.07) is 8.14. The number of hydrogen-bond acceptors (Lipinski definition) is 3. The summed E-state index contributed by atoms with van der Waals surface area (Å²) in [5.74, 6) is 0. The van der Waals surface area contributed by atoms with E-state index in [2.05, 4.69) is 11.4 Å². The van der Waals surface area contributed by atoms with E-state index in [9.17, 15) is 0 Å². The first-order valence-electron chi connectivity index (χ1n) is 5.36. The van der Waals surface area contributed by atoms with E-state index in [4.69, 9.17) is 11.0 Å². The van der Waals surface area contributed by atoms with Crippen LogP contribution in [0.1, 0.15) is 31.2 Å². The Hall–Kier alpha value is -1.69. The fraction of sp³-hybridized carbons (Fsp3) is 0.417. The van der Waals surface area contributed by atoms with Gasteiger partial charge in [-0.2, -0.15) is 5.26 Å². The van der Waals surface area contributed by atoms with Crippen LogP contribution in [0.15, 0.2) is 18.2 Å². The molecule has 0 radical (unpaired) electrons. The zero-order valence-electron chi connectivity index (χ0n) is 8.66. The van der Waals surface area contributed by atoms with Gasteiger partial charge in [-0.05, 0) is 31.0 Å². The topological polar surface area (TPSA) is 61.8 Å². The molecule has 0 unspecified atom stereocenters. The predicted molar refractivity (Wildman–Crippen MR) is 61.4 cm³/mol. The Morgan fingerprint density at radius 1 is 1.33 bits per heavy atom. The zero-order chi connectivity index (χ0) is 10.7.